The fraction of sp³-hybridized carbons (Fsp3) is 0.824. The van der Waals surface area contributed by atoms with Crippen LogP contribution in [-0.4, -0.2) is 39.3 Å². The predicted molar refractivity (Wildman–Crippen MR) is 86.8 cm³/mol. The zero-order valence-corrected chi connectivity index (χ0v) is 14.8. The van der Waals surface area contributed by atoms with Crippen LogP contribution in [0, 0.1) is 0 Å². The average Bonchev–Trinajstić information content (AvgIpc) is 2.92. The van der Waals surface area contributed by atoms with Crippen LogP contribution in [0.2, 0.25) is 0 Å². The van der Waals surface area contributed by atoms with Crippen LogP contribution in [0.3, 0.4) is 0 Å². The van der Waals surface area contributed by atoms with Crippen molar-refractivity contribution in [1.82, 2.24) is 15.1 Å². The van der Waals surface area contributed by atoms with Gasteiger partial charge in [0.05, 0.1) is 6.54 Å². The second-order valence-corrected chi connectivity index (χ2v) is 7.19. The molecule has 0 bridgehead atoms. The van der Waals surface area contributed by atoms with Gasteiger partial charge in [-0.05, 0) is 46.6 Å². The van der Waals surface area contributed by atoms with Gasteiger partial charge in [0, 0.05) is 18.9 Å². The molecule has 6 nitrogen and oxygen atoms in total. The Morgan fingerprint density at radius 1 is 1.30 bits per heavy atom. The zero-order valence-electron chi connectivity index (χ0n) is 14.8. The van der Waals surface area contributed by atoms with E-state index < -0.39 is 5.60 Å². The van der Waals surface area contributed by atoms with E-state index in [4.69, 9.17) is 9.15 Å². The fourth-order valence-corrected chi connectivity index (χ4v) is 2.94. The molecule has 0 aliphatic carbocycles. The van der Waals surface area contributed by atoms with Crippen molar-refractivity contribution in [3.05, 3.63) is 11.8 Å². The number of aryl methyl sites for hydroxylation is 1. The highest BCUT2D eigenvalue weighted by Gasteiger charge is 2.26. The Morgan fingerprint density at radius 2 is 2.04 bits per heavy atom. The van der Waals surface area contributed by atoms with Crippen molar-refractivity contribution < 1.29 is 13.9 Å². The van der Waals surface area contributed by atoms with E-state index in [1.54, 1.807) is 0 Å². The van der Waals surface area contributed by atoms with Gasteiger partial charge in [0.25, 0.3) is 0 Å². The van der Waals surface area contributed by atoms with Gasteiger partial charge in [-0.15, -0.1) is 10.2 Å². The number of likely N-dealkylation sites (tertiary alicyclic amines) is 1. The molecule has 1 unspecified atom stereocenters. The lowest BCUT2D eigenvalue weighted by Crippen LogP contribution is -2.39. The molecule has 0 radical (unpaired) electrons. The Hall–Kier alpha value is -1.43. The maximum Gasteiger partial charge on any atom is 0.306 e. The van der Waals surface area contributed by atoms with Crippen LogP contribution in [0.5, 0.6) is 0 Å². The van der Waals surface area contributed by atoms with Gasteiger partial charge in [0.2, 0.25) is 11.8 Å². The monoisotopic (exact) mass is 323 g/mol. The molecule has 0 N–H and O–H groups in total. The fourth-order valence-electron chi connectivity index (χ4n) is 2.94. The van der Waals surface area contributed by atoms with Gasteiger partial charge >= 0.3 is 5.97 Å². The molecule has 130 valence electrons. The van der Waals surface area contributed by atoms with Crippen molar-refractivity contribution in [1.29, 1.82) is 0 Å². The Bertz CT molecular complexity index is 507. The van der Waals surface area contributed by atoms with Gasteiger partial charge in [0.15, 0.2) is 0 Å². The third-order valence-corrected chi connectivity index (χ3v) is 4.00. The molecule has 2 heterocycles. The van der Waals surface area contributed by atoms with Gasteiger partial charge in [0.1, 0.15) is 5.60 Å². The summed E-state index contributed by atoms with van der Waals surface area (Å²) in [4.78, 5) is 14.3. The van der Waals surface area contributed by atoms with E-state index in [-0.39, 0.29) is 5.97 Å². The Labute approximate surface area is 138 Å². The van der Waals surface area contributed by atoms with Crippen molar-refractivity contribution >= 4 is 5.97 Å². The zero-order chi connectivity index (χ0) is 16.9. The highest BCUT2D eigenvalue weighted by molar-refractivity contribution is 5.69. The molecule has 0 aromatic carbocycles. The maximum absolute atomic E-state index is 11.9. The third kappa shape index (κ3) is 5.94. The van der Waals surface area contributed by atoms with Crippen LogP contribution in [0.25, 0.3) is 0 Å². The summed E-state index contributed by atoms with van der Waals surface area (Å²) in [6.07, 6.45) is 5.54. The Balaban J connectivity index is 1.86. The van der Waals surface area contributed by atoms with Gasteiger partial charge in [-0.1, -0.05) is 13.3 Å². The number of esters is 1. The number of hydrogen-bond acceptors (Lipinski definition) is 6. The smallest absolute Gasteiger partial charge is 0.306 e. The number of rotatable bonds is 6. The number of nitrogens with zero attached hydrogens (tertiary/aromatic N) is 3. The largest absolute Gasteiger partial charge is 0.460 e. The second-order valence-electron chi connectivity index (χ2n) is 7.19. The number of aromatic nitrogens is 2. The molecule has 1 aliphatic heterocycles. The SMILES string of the molecule is CCc1nnc(CN2CCCCC2CCC(=O)OC(C)(C)C)o1. The lowest BCUT2D eigenvalue weighted by Gasteiger charge is -2.34. The summed E-state index contributed by atoms with van der Waals surface area (Å²) in [5, 5.41) is 8.13. The highest BCUT2D eigenvalue weighted by atomic mass is 16.6. The first-order valence-corrected chi connectivity index (χ1v) is 8.64. The molecule has 1 fully saturated rings. The first-order valence-electron chi connectivity index (χ1n) is 8.64. The van der Waals surface area contributed by atoms with Crippen LogP contribution in [0.15, 0.2) is 4.42 Å². The van der Waals surface area contributed by atoms with E-state index in [1.165, 1.54) is 12.8 Å². The molecule has 1 saturated heterocycles. The van der Waals surface area contributed by atoms with Gasteiger partial charge in [-0.25, -0.2) is 0 Å². The van der Waals surface area contributed by atoms with Crippen LogP contribution in [0.1, 0.15) is 71.6 Å². The number of hydrogen-bond donors (Lipinski definition) is 0. The Kier molecular flexibility index (Phi) is 6.16. The number of carbonyl (C=O) groups is 1. The molecular formula is C17H29N3O3. The molecular weight excluding hydrogens is 294 g/mol. The standard InChI is InChI=1S/C17H29N3O3/c1-5-14-18-19-15(22-14)12-20-11-7-6-8-13(20)9-10-16(21)23-17(2,3)4/h13H,5-12H2,1-4H3. The van der Waals surface area contributed by atoms with E-state index in [0.29, 0.717) is 30.8 Å². The van der Waals surface area contributed by atoms with E-state index in [0.717, 1.165) is 25.8 Å². The summed E-state index contributed by atoms with van der Waals surface area (Å²) >= 11 is 0. The number of ether oxygens (including phenoxy) is 1. The maximum atomic E-state index is 11.9. The molecule has 0 saturated carbocycles. The molecule has 0 amide bonds. The van der Waals surface area contributed by atoms with Gasteiger partial charge in [-0.2, -0.15) is 0 Å². The lowest BCUT2D eigenvalue weighted by atomic mass is 9.98. The normalized spacial score (nSPS) is 19.7. The van der Waals surface area contributed by atoms with E-state index >= 15 is 0 Å². The molecule has 1 aliphatic rings. The van der Waals surface area contributed by atoms with Gasteiger partial charge in [-0.3, -0.25) is 9.69 Å². The van der Waals surface area contributed by atoms with Crippen molar-refractivity contribution in [2.75, 3.05) is 6.54 Å². The van der Waals surface area contributed by atoms with Crippen molar-refractivity contribution in [3.8, 4) is 0 Å². The molecule has 1 atom stereocenters. The van der Waals surface area contributed by atoms with E-state index in [1.807, 2.05) is 27.7 Å². The summed E-state index contributed by atoms with van der Waals surface area (Å²) < 4.78 is 11.0. The van der Waals surface area contributed by atoms with Crippen LogP contribution in [-0.2, 0) is 22.5 Å². The van der Waals surface area contributed by atoms with Crippen LogP contribution in [0.4, 0.5) is 0 Å². The highest BCUT2D eigenvalue weighted by Crippen LogP contribution is 2.23. The molecule has 2 rings (SSSR count). The minimum absolute atomic E-state index is 0.117. The molecule has 0 spiro atoms. The summed E-state index contributed by atoms with van der Waals surface area (Å²) in [5.74, 6) is 1.24. The number of carbonyl (C=O) groups excluding carboxylic acids is 1. The Morgan fingerprint density at radius 3 is 2.70 bits per heavy atom. The molecule has 1 aromatic rings. The summed E-state index contributed by atoms with van der Waals surface area (Å²) in [6.45, 7) is 9.40. The molecule has 6 heteroatoms. The summed E-state index contributed by atoms with van der Waals surface area (Å²) in [6, 6.07) is 0.383. The van der Waals surface area contributed by atoms with Gasteiger partial charge < -0.3 is 9.15 Å². The van der Waals surface area contributed by atoms with Crippen molar-refractivity contribution in [2.24, 2.45) is 0 Å². The van der Waals surface area contributed by atoms with Crippen molar-refractivity contribution in [3.63, 3.8) is 0 Å². The minimum Gasteiger partial charge on any atom is -0.460 e. The molecule has 23 heavy (non-hydrogen) atoms. The second kappa shape index (κ2) is 7.90. The topological polar surface area (TPSA) is 68.5 Å². The first kappa shape index (κ1) is 17.9. The first-order chi connectivity index (χ1) is 10.9. The van der Waals surface area contributed by atoms with Crippen LogP contribution < -0.4 is 0 Å². The quantitative estimate of drug-likeness (QED) is 0.749. The number of piperidine rings is 1. The van der Waals surface area contributed by atoms with E-state index in [2.05, 4.69) is 15.1 Å². The van der Waals surface area contributed by atoms with Crippen LogP contribution >= 0.6 is 0 Å². The van der Waals surface area contributed by atoms with E-state index in [9.17, 15) is 4.79 Å². The minimum atomic E-state index is -0.413. The average molecular weight is 323 g/mol. The third-order valence-electron chi connectivity index (χ3n) is 4.00. The van der Waals surface area contributed by atoms with Crippen molar-refractivity contribution in [2.45, 2.75) is 84.4 Å². The predicted octanol–water partition coefficient (Wildman–Crippen LogP) is 3.11. The molecule has 1 aromatic heterocycles. The summed E-state index contributed by atoms with van der Waals surface area (Å²) in [5.41, 5.74) is -0.413. The lowest BCUT2D eigenvalue weighted by molar-refractivity contribution is -0.155. The summed E-state index contributed by atoms with van der Waals surface area (Å²) in [7, 11) is 0.